The molecule has 0 aliphatic heterocycles. The maximum atomic E-state index is 6.24. The number of nitrogen functional groups attached to an aromatic ring is 1. The number of benzene rings is 2. The minimum absolute atomic E-state index is 0.358. The van der Waals surface area contributed by atoms with Crippen LogP contribution in [0.15, 0.2) is 48.7 Å². The fraction of sp³-hybridized carbons (Fsp3) is 0.0556. The zero-order valence-electron chi connectivity index (χ0n) is 13.3. The monoisotopic (exact) mass is 403 g/mol. The normalized spacial score (nSPS) is 11.2. The van der Waals surface area contributed by atoms with E-state index in [0.29, 0.717) is 44.3 Å². The summed E-state index contributed by atoms with van der Waals surface area (Å²) in [5.74, 6) is 0.851. The Balaban J connectivity index is 1.75. The van der Waals surface area contributed by atoms with Gasteiger partial charge in [-0.25, -0.2) is 9.97 Å². The topological polar surface area (TPSA) is 69.6 Å². The minimum atomic E-state index is 0.358. The highest BCUT2D eigenvalue weighted by molar-refractivity contribution is 6.36. The lowest BCUT2D eigenvalue weighted by Gasteiger charge is -2.06. The molecule has 0 radical (unpaired) electrons. The van der Waals surface area contributed by atoms with Crippen molar-refractivity contribution in [1.82, 2.24) is 19.7 Å². The second kappa shape index (κ2) is 6.76. The Bertz CT molecular complexity index is 1090. The maximum Gasteiger partial charge on any atom is 0.186 e. The number of nitrogens with two attached hydrogens (primary N) is 1. The summed E-state index contributed by atoms with van der Waals surface area (Å²) in [5, 5.41) is 6.97. The Morgan fingerprint density at radius 1 is 0.923 bits per heavy atom. The van der Waals surface area contributed by atoms with E-state index in [9.17, 15) is 0 Å². The van der Waals surface area contributed by atoms with Crippen molar-refractivity contribution in [3.8, 4) is 11.4 Å². The molecule has 4 rings (SSSR count). The molecule has 0 amide bonds. The number of hydrogen-bond acceptors (Lipinski definition) is 4. The van der Waals surface area contributed by atoms with E-state index in [0.717, 1.165) is 11.1 Å². The highest BCUT2D eigenvalue weighted by Gasteiger charge is 2.13. The van der Waals surface area contributed by atoms with Crippen LogP contribution in [0.3, 0.4) is 0 Å². The van der Waals surface area contributed by atoms with Crippen LogP contribution in [0, 0.1) is 0 Å². The first-order valence-electron chi connectivity index (χ1n) is 7.71. The molecule has 0 aliphatic carbocycles. The fourth-order valence-electron chi connectivity index (χ4n) is 2.63. The molecule has 5 nitrogen and oxygen atoms in total. The standard InChI is InChI=1S/C18H12Cl3N5/c19-11-6-4-10(5-7-11)17-23-16(22)13-9-26(25-18(13)24-17)8-12-14(20)2-1-3-15(12)21/h1-7,9H,8H2,(H2,22,23,24,25). The number of halogens is 3. The average molecular weight is 405 g/mol. The molecule has 0 spiro atoms. The molecule has 0 saturated carbocycles. The second-order valence-corrected chi connectivity index (χ2v) is 6.95. The van der Waals surface area contributed by atoms with Crippen molar-refractivity contribution in [2.24, 2.45) is 0 Å². The second-order valence-electron chi connectivity index (χ2n) is 5.70. The van der Waals surface area contributed by atoms with Crippen LogP contribution in [0.1, 0.15) is 5.56 Å². The average Bonchev–Trinajstić information content (AvgIpc) is 3.02. The molecule has 26 heavy (non-hydrogen) atoms. The largest absolute Gasteiger partial charge is 0.383 e. The smallest absolute Gasteiger partial charge is 0.186 e. The molecule has 2 aromatic carbocycles. The van der Waals surface area contributed by atoms with Gasteiger partial charge in [-0.3, -0.25) is 4.68 Å². The van der Waals surface area contributed by atoms with Gasteiger partial charge < -0.3 is 5.73 Å². The number of fused-ring (bicyclic) bond motifs is 1. The summed E-state index contributed by atoms with van der Waals surface area (Å²) in [4.78, 5) is 8.89. The third kappa shape index (κ3) is 3.21. The van der Waals surface area contributed by atoms with E-state index in [1.807, 2.05) is 12.1 Å². The maximum absolute atomic E-state index is 6.24. The molecule has 2 heterocycles. The Morgan fingerprint density at radius 2 is 1.62 bits per heavy atom. The molecule has 0 atom stereocenters. The lowest BCUT2D eigenvalue weighted by molar-refractivity contribution is 0.693. The first-order chi connectivity index (χ1) is 12.5. The van der Waals surface area contributed by atoms with Crippen molar-refractivity contribution >= 4 is 51.7 Å². The third-order valence-electron chi connectivity index (χ3n) is 3.94. The molecule has 2 N–H and O–H groups in total. The summed E-state index contributed by atoms with van der Waals surface area (Å²) >= 11 is 18.4. The molecule has 130 valence electrons. The lowest BCUT2D eigenvalue weighted by Crippen LogP contribution is -2.01. The zero-order chi connectivity index (χ0) is 18.3. The lowest BCUT2D eigenvalue weighted by atomic mass is 10.2. The van der Waals surface area contributed by atoms with Gasteiger partial charge in [0.05, 0.1) is 11.9 Å². The molecule has 0 unspecified atom stereocenters. The van der Waals surface area contributed by atoms with Crippen LogP contribution in [0.25, 0.3) is 22.4 Å². The van der Waals surface area contributed by atoms with Gasteiger partial charge in [0.15, 0.2) is 11.5 Å². The van der Waals surface area contributed by atoms with Crippen molar-refractivity contribution in [3.05, 3.63) is 69.3 Å². The Morgan fingerprint density at radius 3 is 2.31 bits per heavy atom. The summed E-state index contributed by atoms with van der Waals surface area (Å²) in [6.45, 7) is 0.407. The first kappa shape index (κ1) is 17.1. The number of rotatable bonds is 3. The van der Waals surface area contributed by atoms with Crippen LogP contribution in [0.4, 0.5) is 5.82 Å². The number of nitrogens with zero attached hydrogens (tertiary/aromatic N) is 4. The van der Waals surface area contributed by atoms with Gasteiger partial charge in [-0.2, -0.15) is 5.10 Å². The Kier molecular flexibility index (Phi) is 4.44. The SMILES string of the molecule is Nc1nc(-c2ccc(Cl)cc2)nc2nn(Cc3c(Cl)cccc3Cl)cc12. The highest BCUT2D eigenvalue weighted by atomic mass is 35.5. The van der Waals surface area contributed by atoms with E-state index in [4.69, 9.17) is 40.5 Å². The molecule has 0 fully saturated rings. The predicted octanol–water partition coefficient (Wildman–Crippen LogP) is 5.08. The number of aromatic nitrogens is 4. The van der Waals surface area contributed by atoms with Gasteiger partial charge in [0.25, 0.3) is 0 Å². The van der Waals surface area contributed by atoms with Gasteiger partial charge in [-0.15, -0.1) is 0 Å². The summed E-state index contributed by atoms with van der Waals surface area (Å²) < 4.78 is 1.70. The molecule has 0 aliphatic rings. The van der Waals surface area contributed by atoms with Crippen LogP contribution in [0.2, 0.25) is 15.1 Å². The van der Waals surface area contributed by atoms with Gasteiger partial charge in [-0.1, -0.05) is 40.9 Å². The summed E-state index contributed by atoms with van der Waals surface area (Å²) in [7, 11) is 0. The van der Waals surface area contributed by atoms with Crippen molar-refractivity contribution in [1.29, 1.82) is 0 Å². The zero-order valence-corrected chi connectivity index (χ0v) is 15.6. The quantitative estimate of drug-likeness (QED) is 0.516. The van der Waals surface area contributed by atoms with Gasteiger partial charge in [0.1, 0.15) is 5.82 Å². The van der Waals surface area contributed by atoms with E-state index in [2.05, 4.69) is 15.1 Å². The van der Waals surface area contributed by atoms with E-state index < -0.39 is 0 Å². The van der Waals surface area contributed by atoms with Crippen LogP contribution in [-0.2, 0) is 6.54 Å². The Labute approximate surface area is 164 Å². The molecule has 0 saturated heterocycles. The summed E-state index contributed by atoms with van der Waals surface area (Å²) in [6, 6.07) is 12.6. The third-order valence-corrected chi connectivity index (χ3v) is 4.90. The van der Waals surface area contributed by atoms with Crippen LogP contribution in [0.5, 0.6) is 0 Å². The van der Waals surface area contributed by atoms with Gasteiger partial charge >= 0.3 is 0 Å². The van der Waals surface area contributed by atoms with E-state index in [-0.39, 0.29) is 0 Å². The van der Waals surface area contributed by atoms with Crippen LogP contribution < -0.4 is 5.73 Å². The van der Waals surface area contributed by atoms with Crippen molar-refractivity contribution < 1.29 is 0 Å². The van der Waals surface area contributed by atoms with Crippen molar-refractivity contribution in [3.63, 3.8) is 0 Å². The van der Waals surface area contributed by atoms with Gasteiger partial charge in [-0.05, 0) is 36.4 Å². The number of anilines is 1. The number of hydrogen-bond donors (Lipinski definition) is 1. The van der Waals surface area contributed by atoms with Gasteiger partial charge in [0, 0.05) is 32.4 Å². The minimum Gasteiger partial charge on any atom is -0.383 e. The Hall–Kier alpha value is -2.34. The van der Waals surface area contributed by atoms with E-state index in [1.54, 1.807) is 41.2 Å². The van der Waals surface area contributed by atoms with Crippen molar-refractivity contribution in [2.75, 3.05) is 5.73 Å². The van der Waals surface area contributed by atoms with Crippen LogP contribution >= 0.6 is 34.8 Å². The molecular weight excluding hydrogens is 393 g/mol. The van der Waals surface area contributed by atoms with Gasteiger partial charge in [0.2, 0.25) is 0 Å². The molecule has 2 aromatic heterocycles. The van der Waals surface area contributed by atoms with Crippen LogP contribution in [-0.4, -0.2) is 19.7 Å². The highest BCUT2D eigenvalue weighted by Crippen LogP contribution is 2.27. The molecule has 4 aromatic rings. The molecule has 8 heteroatoms. The summed E-state index contributed by atoms with van der Waals surface area (Å²) in [5.41, 5.74) is 8.21. The molecular formula is C18H12Cl3N5. The predicted molar refractivity (Wildman–Crippen MR) is 106 cm³/mol. The van der Waals surface area contributed by atoms with Crippen molar-refractivity contribution in [2.45, 2.75) is 6.54 Å². The van der Waals surface area contributed by atoms with E-state index >= 15 is 0 Å². The van der Waals surface area contributed by atoms with E-state index in [1.165, 1.54) is 0 Å². The first-order valence-corrected chi connectivity index (χ1v) is 8.84. The molecule has 0 bridgehead atoms. The summed E-state index contributed by atoms with van der Waals surface area (Å²) in [6.07, 6.45) is 1.79. The fourth-order valence-corrected chi connectivity index (χ4v) is 3.27.